The average molecular weight is 595 g/mol. The van der Waals surface area contributed by atoms with Gasteiger partial charge in [-0.15, -0.1) is 11.8 Å². The molecule has 2 aromatic carbocycles. The molecule has 0 unspecified atom stereocenters. The lowest BCUT2D eigenvalue weighted by Crippen LogP contribution is -2.50. The van der Waals surface area contributed by atoms with Gasteiger partial charge in [-0.3, -0.25) is 23.5 Å². The van der Waals surface area contributed by atoms with Crippen LogP contribution in [0.3, 0.4) is 0 Å². The Kier molecular flexibility index (Phi) is 8.75. The predicted molar refractivity (Wildman–Crippen MR) is 163 cm³/mol. The number of amides is 2. The molecule has 2 amide bonds. The summed E-state index contributed by atoms with van der Waals surface area (Å²) in [5.41, 5.74) is 2.19. The van der Waals surface area contributed by atoms with Gasteiger partial charge >= 0.3 is 5.69 Å². The van der Waals surface area contributed by atoms with Crippen molar-refractivity contribution in [3.63, 3.8) is 0 Å². The van der Waals surface area contributed by atoms with Crippen LogP contribution in [0, 0.1) is 0 Å². The van der Waals surface area contributed by atoms with Crippen LogP contribution in [-0.4, -0.2) is 62.7 Å². The molecule has 0 N–H and O–H groups in total. The quantitative estimate of drug-likeness (QED) is 0.398. The van der Waals surface area contributed by atoms with Gasteiger partial charge in [0.25, 0.3) is 5.56 Å². The Balaban J connectivity index is 1.33. The van der Waals surface area contributed by atoms with Crippen LogP contribution in [0.5, 0.6) is 0 Å². The molecule has 1 fully saturated rings. The van der Waals surface area contributed by atoms with Crippen molar-refractivity contribution in [3.8, 4) is 11.1 Å². The lowest BCUT2D eigenvalue weighted by molar-refractivity contribution is -0.136. The maximum absolute atomic E-state index is 13.4. The van der Waals surface area contributed by atoms with Crippen LogP contribution in [0.1, 0.15) is 43.9 Å². The lowest BCUT2D eigenvalue weighted by Gasteiger charge is -2.38. The smallest absolute Gasteiger partial charge is 0.331 e. The minimum atomic E-state index is -0.524. The monoisotopic (exact) mass is 594 g/mol. The second-order valence-corrected chi connectivity index (χ2v) is 12.2. The maximum Gasteiger partial charge on any atom is 0.331 e. The Hall–Kier alpha value is -3.30. The number of thioether (sulfide) groups is 1. The van der Waals surface area contributed by atoms with Gasteiger partial charge in [-0.2, -0.15) is 0 Å². The standard InChI is InChI=1S/C31H35ClN4O4S/c1-20(2)36-30(39)25(24-9-6-10-26(41-3)29(24)32)18-34(31(36)40)19-28(38)33-14-12-23(13-15-33)35-16-11-21-7-4-5-8-22(21)17-27(35)37/h4-10,18,20,23H,11-17,19H2,1-3H3. The van der Waals surface area contributed by atoms with Gasteiger partial charge in [0.1, 0.15) is 6.54 Å². The zero-order chi connectivity index (χ0) is 29.3. The number of fused-ring (bicyclic) bond motifs is 1. The van der Waals surface area contributed by atoms with E-state index >= 15 is 0 Å². The van der Waals surface area contributed by atoms with Crippen LogP contribution in [0.25, 0.3) is 11.1 Å². The number of hydrogen-bond donors (Lipinski definition) is 0. The van der Waals surface area contributed by atoms with E-state index in [1.165, 1.54) is 32.7 Å². The molecule has 0 saturated carbocycles. The third-order valence-electron chi connectivity index (χ3n) is 8.14. The average Bonchev–Trinajstić information content (AvgIpc) is 3.13. The molecule has 1 aromatic heterocycles. The van der Waals surface area contributed by atoms with E-state index in [4.69, 9.17) is 11.6 Å². The fourth-order valence-corrected chi connectivity index (χ4v) is 6.88. The van der Waals surface area contributed by atoms with Crippen molar-refractivity contribution < 1.29 is 9.59 Å². The second-order valence-electron chi connectivity index (χ2n) is 10.9. The Morgan fingerprint density at radius 3 is 2.37 bits per heavy atom. The largest absolute Gasteiger partial charge is 0.341 e. The molecule has 3 aromatic rings. The number of aromatic nitrogens is 2. The van der Waals surface area contributed by atoms with Crippen LogP contribution >= 0.6 is 23.4 Å². The van der Waals surface area contributed by atoms with Gasteiger partial charge in [0, 0.05) is 48.4 Å². The highest BCUT2D eigenvalue weighted by Crippen LogP contribution is 2.33. The number of hydrogen-bond acceptors (Lipinski definition) is 5. The number of halogens is 1. The fourth-order valence-electron chi connectivity index (χ4n) is 5.91. The van der Waals surface area contributed by atoms with Crippen LogP contribution in [0.15, 0.2) is 63.1 Å². The first-order valence-corrected chi connectivity index (χ1v) is 15.6. The molecule has 1 saturated heterocycles. The molecule has 0 aliphatic carbocycles. The Labute approximate surface area is 248 Å². The number of piperidine rings is 1. The van der Waals surface area contributed by atoms with E-state index < -0.39 is 17.3 Å². The highest BCUT2D eigenvalue weighted by Gasteiger charge is 2.31. The summed E-state index contributed by atoms with van der Waals surface area (Å²) in [6.45, 7) is 5.06. The number of nitrogens with zero attached hydrogens (tertiary/aromatic N) is 4. The second kappa shape index (κ2) is 12.3. The van der Waals surface area contributed by atoms with Crippen LogP contribution in [0.4, 0.5) is 0 Å². The van der Waals surface area contributed by atoms with E-state index in [1.807, 2.05) is 41.5 Å². The maximum atomic E-state index is 13.4. The SMILES string of the molecule is CSc1cccc(-c2cn(CC(=O)N3CCC(N4CCc5ccccc5CC4=O)CC3)c(=O)n(C(C)C)c2=O)c1Cl. The molecule has 2 aliphatic rings. The first-order valence-electron chi connectivity index (χ1n) is 14.0. The van der Waals surface area contributed by atoms with E-state index in [2.05, 4.69) is 6.07 Å². The fraction of sp³-hybridized carbons (Fsp3) is 0.419. The Morgan fingerprint density at radius 1 is 0.976 bits per heavy atom. The summed E-state index contributed by atoms with van der Waals surface area (Å²) in [4.78, 5) is 57.8. The zero-order valence-electron chi connectivity index (χ0n) is 23.6. The highest BCUT2D eigenvalue weighted by atomic mass is 35.5. The van der Waals surface area contributed by atoms with Gasteiger partial charge in [-0.1, -0.05) is 48.0 Å². The lowest BCUT2D eigenvalue weighted by atomic mass is 10.0. The van der Waals surface area contributed by atoms with Crippen molar-refractivity contribution in [2.45, 2.75) is 63.1 Å². The van der Waals surface area contributed by atoms with Gasteiger partial charge in [-0.25, -0.2) is 4.79 Å². The molecule has 8 nitrogen and oxygen atoms in total. The van der Waals surface area contributed by atoms with Crippen LogP contribution in [-0.2, 0) is 29.0 Å². The van der Waals surface area contributed by atoms with Crippen molar-refractivity contribution >= 4 is 35.2 Å². The molecule has 0 radical (unpaired) electrons. The third-order valence-corrected chi connectivity index (χ3v) is 9.44. The van der Waals surface area contributed by atoms with Gasteiger partial charge in [0.15, 0.2) is 0 Å². The van der Waals surface area contributed by atoms with Crippen molar-refractivity contribution in [2.24, 2.45) is 0 Å². The number of carbonyl (C=O) groups excluding carboxylic acids is 2. The normalized spacial score (nSPS) is 16.2. The highest BCUT2D eigenvalue weighted by molar-refractivity contribution is 7.98. The van der Waals surface area contributed by atoms with Crippen LogP contribution < -0.4 is 11.2 Å². The molecule has 41 heavy (non-hydrogen) atoms. The summed E-state index contributed by atoms with van der Waals surface area (Å²) in [6.07, 6.45) is 6.00. The summed E-state index contributed by atoms with van der Waals surface area (Å²) in [5, 5.41) is 0.442. The molecule has 5 rings (SSSR count). The predicted octanol–water partition coefficient (Wildman–Crippen LogP) is 4.25. The molecule has 0 atom stereocenters. The van der Waals surface area contributed by atoms with E-state index in [0.717, 1.165) is 16.9 Å². The number of rotatable bonds is 6. The number of carbonyl (C=O) groups is 2. The summed E-state index contributed by atoms with van der Waals surface area (Å²) in [5.74, 6) is -0.0528. The molecule has 216 valence electrons. The Morgan fingerprint density at radius 2 is 1.68 bits per heavy atom. The van der Waals surface area contributed by atoms with Crippen molar-refractivity contribution in [3.05, 3.63) is 85.6 Å². The third kappa shape index (κ3) is 5.88. The van der Waals surface area contributed by atoms with Gasteiger partial charge in [0.2, 0.25) is 11.8 Å². The van der Waals surface area contributed by atoms with Crippen molar-refractivity contribution in [1.29, 1.82) is 0 Å². The van der Waals surface area contributed by atoms with Gasteiger partial charge < -0.3 is 9.80 Å². The van der Waals surface area contributed by atoms with Gasteiger partial charge in [0.05, 0.1) is 17.0 Å². The van der Waals surface area contributed by atoms with Crippen molar-refractivity contribution in [1.82, 2.24) is 18.9 Å². The summed E-state index contributed by atoms with van der Waals surface area (Å²) in [7, 11) is 0. The summed E-state index contributed by atoms with van der Waals surface area (Å²) >= 11 is 8.10. The van der Waals surface area contributed by atoms with E-state index in [9.17, 15) is 19.2 Å². The summed E-state index contributed by atoms with van der Waals surface area (Å²) < 4.78 is 2.50. The zero-order valence-corrected chi connectivity index (χ0v) is 25.2. The Bertz CT molecular complexity index is 1590. The summed E-state index contributed by atoms with van der Waals surface area (Å²) in [6, 6.07) is 13.3. The first kappa shape index (κ1) is 29.2. The van der Waals surface area contributed by atoms with Crippen molar-refractivity contribution in [2.75, 3.05) is 25.9 Å². The topological polar surface area (TPSA) is 84.6 Å². The van der Waals surface area contributed by atoms with E-state index in [0.29, 0.717) is 49.5 Å². The van der Waals surface area contributed by atoms with Gasteiger partial charge in [-0.05, 0) is 56.6 Å². The number of benzene rings is 2. The van der Waals surface area contributed by atoms with E-state index in [-0.39, 0.29) is 30.0 Å². The minimum absolute atomic E-state index is 0.0869. The molecular formula is C31H35ClN4O4S. The molecule has 2 aliphatic heterocycles. The molecule has 3 heterocycles. The molecule has 10 heteroatoms. The van der Waals surface area contributed by atoms with E-state index in [1.54, 1.807) is 24.8 Å². The molecular weight excluding hydrogens is 560 g/mol. The first-order chi connectivity index (χ1) is 19.7. The minimum Gasteiger partial charge on any atom is -0.341 e. The number of likely N-dealkylation sites (tertiary alicyclic amines) is 1. The van der Waals surface area contributed by atoms with Crippen LogP contribution in [0.2, 0.25) is 5.02 Å². The molecule has 0 spiro atoms. The molecule has 0 bridgehead atoms.